The molecule has 2 aromatic heterocycles. The maximum absolute atomic E-state index is 11.9. The Morgan fingerprint density at radius 1 is 1.35 bits per heavy atom. The van der Waals surface area contributed by atoms with Crippen LogP contribution in [0.25, 0.3) is 11.5 Å². The highest BCUT2D eigenvalue weighted by atomic mass is 16.5. The molecule has 0 amide bonds. The second-order valence-corrected chi connectivity index (χ2v) is 5.53. The number of hydrogen-bond donors (Lipinski definition) is 2. The van der Waals surface area contributed by atoms with Gasteiger partial charge in [0.15, 0.2) is 11.3 Å². The van der Waals surface area contributed by atoms with Gasteiger partial charge in [0.25, 0.3) is 5.89 Å². The lowest BCUT2D eigenvalue weighted by molar-refractivity contribution is 0.275. The number of rotatable bonds is 2. The first-order valence-electron chi connectivity index (χ1n) is 6.91. The van der Waals surface area contributed by atoms with Gasteiger partial charge in [0.1, 0.15) is 5.56 Å². The second-order valence-electron chi connectivity index (χ2n) is 5.53. The fourth-order valence-corrected chi connectivity index (χ4v) is 2.68. The summed E-state index contributed by atoms with van der Waals surface area (Å²) in [5.41, 5.74) is 6.89. The molecule has 0 aliphatic heterocycles. The van der Waals surface area contributed by atoms with Crippen molar-refractivity contribution in [2.45, 2.75) is 44.6 Å². The van der Waals surface area contributed by atoms with Crippen LogP contribution in [0.4, 0.5) is 0 Å². The molecule has 20 heavy (non-hydrogen) atoms. The van der Waals surface area contributed by atoms with E-state index in [1.165, 1.54) is 12.5 Å². The molecule has 0 bridgehead atoms. The van der Waals surface area contributed by atoms with Gasteiger partial charge in [-0.2, -0.15) is 4.98 Å². The smallest absolute Gasteiger partial charge is 0.263 e. The Bertz CT molecular complexity index is 668. The van der Waals surface area contributed by atoms with E-state index in [2.05, 4.69) is 15.1 Å². The molecule has 1 saturated carbocycles. The third-order valence-electron chi connectivity index (χ3n) is 3.90. The van der Waals surface area contributed by atoms with Crippen molar-refractivity contribution in [3.63, 3.8) is 0 Å². The summed E-state index contributed by atoms with van der Waals surface area (Å²) in [4.78, 5) is 19.2. The molecule has 3 N–H and O–H groups in total. The molecule has 0 atom stereocenters. The van der Waals surface area contributed by atoms with Crippen LogP contribution in [-0.4, -0.2) is 15.1 Å². The third-order valence-corrected chi connectivity index (χ3v) is 3.90. The highest BCUT2D eigenvalue weighted by Gasteiger charge is 2.34. The number of H-pyrrole nitrogens is 1. The van der Waals surface area contributed by atoms with Gasteiger partial charge < -0.3 is 15.2 Å². The van der Waals surface area contributed by atoms with Crippen LogP contribution in [0.3, 0.4) is 0 Å². The summed E-state index contributed by atoms with van der Waals surface area (Å²) < 4.78 is 5.23. The van der Waals surface area contributed by atoms with Crippen LogP contribution >= 0.6 is 0 Å². The van der Waals surface area contributed by atoms with Gasteiger partial charge in [-0.05, 0) is 19.8 Å². The van der Waals surface area contributed by atoms with Gasteiger partial charge in [0.05, 0.1) is 5.54 Å². The van der Waals surface area contributed by atoms with E-state index >= 15 is 0 Å². The van der Waals surface area contributed by atoms with Crippen LogP contribution in [-0.2, 0) is 5.54 Å². The molecule has 0 unspecified atom stereocenters. The topological polar surface area (TPSA) is 97.8 Å². The Morgan fingerprint density at radius 2 is 2.10 bits per heavy atom. The fourth-order valence-electron chi connectivity index (χ4n) is 2.68. The summed E-state index contributed by atoms with van der Waals surface area (Å²) in [5.74, 6) is 0.740. The molecule has 6 heteroatoms. The lowest BCUT2D eigenvalue weighted by Crippen LogP contribution is -2.39. The molecule has 1 aliphatic carbocycles. The van der Waals surface area contributed by atoms with E-state index in [1.54, 1.807) is 6.20 Å². The maximum atomic E-state index is 11.9. The largest absolute Gasteiger partial charge is 0.364 e. The molecule has 2 heterocycles. The van der Waals surface area contributed by atoms with Crippen molar-refractivity contribution in [3.8, 4) is 11.5 Å². The molecule has 2 aromatic rings. The highest BCUT2D eigenvalue weighted by Crippen LogP contribution is 2.33. The standard InChI is InChI=1S/C14H18N4O2/c1-9-7-11(19)10(8-16-9)12-17-13(18-20-12)14(15)5-3-2-4-6-14/h7-8H,2-6,15H2,1H3,(H,16,19). The maximum Gasteiger partial charge on any atom is 0.263 e. The Hall–Kier alpha value is -1.95. The number of aromatic amines is 1. The molecule has 1 aliphatic rings. The van der Waals surface area contributed by atoms with E-state index in [1.807, 2.05) is 6.92 Å². The summed E-state index contributed by atoms with van der Waals surface area (Å²) in [6.07, 6.45) is 6.66. The van der Waals surface area contributed by atoms with Crippen LogP contribution in [0.2, 0.25) is 0 Å². The Balaban J connectivity index is 1.95. The number of aryl methyl sites for hydroxylation is 1. The minimum Gasteiger partial charge on any atom is -0.364 e. The predicted molar refractivity (Wildman–Crippen MR) is 74.0 cm³/mol. The molecular formula is C14H18N4O2. The van der Waals surface area contributed by atoms with Crippen LogP contribution in [0.1, 0.15) is 43.6 Å². The summed E-state index contributed by atoms with van der Waals surface area (Å²) >= 11 is 0. The second kappa shape index (κ2) is 4.86. The quantitative estimate of drug-likeness (QED) is 0.870. The SMILES string of the molecule is Cc1cc(=O)c(-c2nc(C3(N)CCCCC3)no2)c[nH]1. The zero-order valence-electron chi connectivity index (χ0n) is 11.5. The van der Waals surface area contributed by atoms with E-state index in [0.29, 0.717) is 11.4 Å². The van der Waals surface area contributed by atoms with Gasteiger partial charge in [0, 0.05) is 18.0 Å². The molecule has 0 aromatic carbocycles. The minimum atomic E-state index is -0.516. The molecule has 3 rings (SSSR count). The first kappa shape index (κ1) is 13.1. The fraction of sp³-hybridized carbons (Fsp3) is 0.500. The predicted octanol–water partition coefficient (Wildman–Crippen LogP) is 1.85. The third kappa shape index (κ3) is 2.27. The van der Waals surface area contributed by atoms with Crippen molar-refractivity contribution in [2.24, 2.45) is 5.73 Å². The van der Waals surface area contributed by atoms with Gasteiger partial charge in [-0.1, -0.05) is 24.4 Å². The lowest BCUT2D eigenvalue weighted by Gasteiger charge is -2.29. The molecule has 6 nitrogen and oxygen atoms in total. The normalized spacial score (nSPS) is 18.1. The Labute approximate surface area is 116 Å². The van der Waals surface area contributed by atoms with Crippen molar-refractivity contribution in [3.05, 3.63) is 34.0 Å². The van der Waals surface area contributed by atoms with Crippen LogP contribution in [0, 0.1) is 6.92 Å². The number of nitrogens with one attached hydrogen (secondary N) is 1. The molecule has 1 fully saturated rings. The summed E-state index contributed by atoms with van der Waals surface area (Å²) in [7, 11) is 0. The van der Waals surface area contributed by atoms with E-state index < -0.39 is 5.54 Å². The van der Waals surface area contributed by atoms with Gasteiger partial charge in [-0.15, -0.1) is 0 Å². The molecule has 0 radical (unpaired) electrons. The van der Waals surface area contributed by atoms with Crippen molar-refractivity contribution in [1.29, 1.82) is 0 Å². The lowest BCUT2D eigenvalue weighted by atomic mass is 9.82. The molecule has 0 saturated heterocycles. The average molecular weight is 274 g/mol. The van der Waals surface area contributed by atoms with E-state index in [-0.39, 0.29) is 11.3 Å². The van der Waals surface area contributed by atoms with Crippen molar-refractivity contribution >= 4 is 0 Å². The van der Waals surface area contributed by atoms with Crippen LogP contribution in [0.5, 0.6) is 0 Å². The summed E-state index contributed by atoms with van der Waals surface area (Å²) in [6.45, 7) is 1.82. The number of nitrogens with zero attached hydrogens (tertiary/aromatic N) is 2. The van der Waals surface area contributed by atoms with Gasteiger partial charge in [-0.3, -0.25) is 4.79 Å². The Kier molecular flexibility index (Phi) is 3.17. The molecular weight excluding hydrogens is 256 g/mol. The first-order valence-corrected chi connectivity index (χ1v) is 6.91. The average Bonchev–Trinajstić information content (AvgIpc) is 2.90. The van der Waals surface area contributed by atoms with E-state index in [9.17, 15) is 4.79 Å². The monoisotopic (exact) mass is 274 g/mol. The number of pyridine rings is 1. The number of hydrogen-bond acceptors (Lipinski definition) is 5. The molecule has 106 valence electrons. The number of nitrogens with two attached hydrogens (primary N) is 1. The van der Waals surface area contributed by atoms with Gasteiger partial charge >= 0.3 is 0 Å². The first-order chi connectivity index (χ1) is 9.58. The zero-order chi connectivity index (χ0) is 14.2. The molecule has 0 spiro atoms. The van der Waals surface area contributed by atoms with E-state index in [0.717, 1.165) is 31.4 Å². The van der Waals surface area contributed by atoms with Crippen molar-refractivity contribution in [1.82, 2.24) is 15.1 Å². The minimum absolute atomic E-state index is 0.133. The Morgan fingerprint density at radius 3 is 2.80 bits per heavy atom. The van der Waals surface area contributed by atoms with E-state index in [4.69, 9.17) is 10.3 Å². The number of aromatic nitrogens is 3. The van der Waals surface area contributed by atoms with Crippen molar-refractivity contribution in [2.75, 3.05) is 0 Å². The summed E-state index contributed by atoms with van der Waals surface area (Å²) in [5, 5.41) is 3.99. The highest BCUT2D eigenvalue weighted by molar-refractivity contribution is 5.51. The van der Waals surface area contributed by atoms with Gasteiger partial charge in [0.2, 0.25) is 0 Å². The summed E-state index contributed by atoms with van der Waals surface area (Å²) in [6, 6.07) is 1.51. The van der Waals surface area contributed by atoms with Crippen molar-refractivity contribution < 1.29 is 4.52 Å². The van der Waals surface area contributed by atoms with Gasteiger partial charge in [-0.25, -0.2) is 0 Å². The van der Waals surface area contributed by atoms with Crippen LogP contribution < -0.4 is 11.2 Å². The zero-order valence-corrected chi connectivity index (χ0v) is 11.5. The van der Waals surface area contributed by atoms with Crippen LogP contribution in [0.15, 0.2) is 21.6 Å².